The average molecular weight is 252 g/mol. The second kappa shape index (κ2) is 4.60. The lowest BCUT2D eigenvalue weighted by atomic mass is 10.1. The predicted molar refractivity (Wildman–Crippen MR) is 65.2 cm³/mol. The molecule has 0 aliphatic rings. The van der Waals surface area contributed by atoms with E-state index in [2.05, 4.69) is 5.32 Å². The molecule has 5 heteroatoms. The maximum atomic E-state index is 13.4. The Morgan fingerprint density at radius 1 is 1.00 bits per heavy atom. The van der Waals surface area contributed by atoms with Gasteiger partial charge >= 0.3 is 0 Å². The number of halogens is 3. The number of nitrogen functional groups attached to an aromatic ring is 1. The highest BCUT2D eigenvalue weighted by molar-refractivity contribution is 5.66. The molecule has 0 bridgehead atoms. The van der Waals surface area contributed by atoms with Crippen molar-refractivity contribution in [1.82, 2.24) is 0 Å². The first-order valence-corrected chi connectivity index (χ1v) is 5.25. The predicted octanol–water partition coefficient (Wildman–Crippen LogP) is 3.74. The van der Waals surface area contributed by atoms with Crippen molar-refractivity contribution in [1.29, 1.82) is 0 Å². The largest absolute Gasteiger partial charge is 0.399 e. The fraction of sp³-hybridized carbons (Fsp3) is 0.0769. The SMILES string of the molecule is Cc1cc(N)ccc1Nc1c(F)cc(F)cc1F. The Morgan fingerprint density at radius 3 is 2.17 bits per heavy atom. The van der Waals surface area contributed by atoms with Crippen molar-refractivity contribution in [3.05, 3.63) is 53.3 Å². The van der Waals surface area contributed by atoms with E-state index in [1.165, 1.54) is 0 Å². The molecule has 0 saturated heterocycles. The standard InChI is InChI=1S/C13H11F3N2/c1-7-4-9(17)2-3-12(7)18-13-10(15)5-8(14)6-11(13)16/h2-6,18H,17H2,1H3. The van der Waals surface area contributed by atoms with Gasteiger partial charge in [-0.05, 0) is 30.7 Å². The Bertz CT molecular complexity index is 574. The van der Waals surface area contributed by atoms with E-state index in [-0.39, 0.29) is 5.69 Å². The highest BCUT2D eigenvalue weighted by Crippen LogP contribution is 2.27. The number of anilines is 3. The molecule has 2 aromatic carbocycles. The lowest BCUT2D eigenvalue weighted by Gasteiger charge is -2.11. The number of benzene rings is 2. The molecule has 0 amide bonds. The van der Waals surface area contributed by atoms with Gasteiger partial charge in [-0.2, -0.15) is 0 Å². The molecular weight excluding hydrogens is 241 g/mol. The Balaban J connectivity index is 2.40. The Kier molecular flexibility index (Phi) is 3.14. The van der Waals surface area contributed by atoms with Crippen LogP contribution in [0, 0.1) is 24.4 Å². The van der Waals surface area contributed by atoms with Crippen molar-refractivity contribution in [2.75, 3.05) is 11.1 Å². The molecule has 0 radical (unpaired) electrons. The van der Waals surface area contributed by atoms with Crippen LogP contribution in [0.5, 0.6) is 0 Å². The topological polar surface area (TPSA) is 38.0 Å². The quantitative estimate of drug-likeness (QED) is 0.799. The van der Waals surface area contributed by atoms with E-state index >= 15 is 0 Å². The maximum absolute atomic E-state index is 13.4. The maximum Gasteiger partial charge on any atom is 0.152 e. The molecule has 94 valence electrons. The molecule has 0 aromatic heterocycles. The van der Waals surface area contributed by atoms with Gasteiger partial charge in [0.1, 0.15) is 11.5 Å². The number of nitrogens with two attached hydrogens (primary N) is 1. The Hall–Kier alpha value is -2.17. The van der Waals surface area contributed by atoms with Gasteiger partial charge in [-0.15, -0.1) is 0 Å². The molecule has 0 heterocycles. The number of hydrogen-bond acceptors (Lipinski definition) is 2. The summed E-state index contributed by atoms with van der Waals surface area (Å²) >= 11 is 0. The monoisotopic (exact) mass is 252 g/mol. The molecule has 0 spiro atoms. The van der Waals surface area contributed by atoms with E-state index in [1.807, 2.05) is 0 Å². The van der Waals surface area contributed by atoms with Crippen LogP contribution < -0.4 is 11.1 Å². The highest BCUT2D eigenvalue weighted by Gasteiger charge is 2.12. The van der Waals surface area contributed by atoms with Crippen LogP contribution in [-0.4, -0.2) is 0 Å². The third-order valence-corrected chi connectivity index (χ3v) is 2.52. The first-order valence-electron chi connectivity index (χ1n) is 5.25. The third kappa shape index (κ3) is 2.40. The van der Waals surface area contributed by atoms with Crippen molar-refractivity contribution in [3.63, 3.8) is 0 Å². The van der Waals surface area contributed by atoms with Crippen LogP contribution in [0.25, 0.3) is 0 Å². The van der Waals surface area contributed by atoms with Crippen LogP contribution in [0.3, 0.4) is 0 Å². The summed E-state index contributed by atoms with van der Waals surface area (Å²) in [6, 6.07) is 6.12. The van der Waals surface area contributed by atoms with E-state index in [0.29, 0.717) is 23.5 Å². The lowest BCUT2D eigenvalue weighted by Crippen LogP contribution is -2.00. The van der Waals surface area contributed by atoms with Gasteiger partial charge in [-0.25, -0.2) is 13.2 Å². The normalized spacial score (nSPS) is 10.4. The van der Waals surface area contributed by atoms with Gasteiger partial charge in [0, 0.05) is 23.5 Å². The van der Waals surface area contributed by atoms with Crippen LogP contribution >= 0.6 is 0 Å². The molecule has 0 saturated carbocycles. The van der Waals surface area contributed by atoms with Crippen molar-refractivity contribution >= 4 is 17.1 Å². The lowest BCUT2D eigenvalue weighted by molar-refractivity contribution is 0.549. The van der Waals surface area contributed by atoms with Gasteiger partial charge in [0.25, 0.3) is 0 Å². The minimum Gasteiger partial charge on any atom is -0.399 e. The Morgan fingerprint density at radius 2 is 1.61 bits per heavy atom. The number of hydrogen-bond donors (Lipinski definition) is 2. The van der Waals surface area contributed by atoms with Crippen molar-refractivity contribution in [2.24, 2.45) is 0 Å². The van der Waals surface area contributed by atoms with Gasteiger partial charge in [-0.1, -0.05) is 0 Å². The summed E-state index contributed by atoms with van der Waals surface area (Å²) in [5, 5.41) is 2.59. The molecule has 2 aromatic rings. The highest BCUT2D eigenvalue weighted by atomic mass is 19.1. The molecular formula is C13H11F3N2. The van der Waals surface area contributed by atoms with Gasteiger partial charge in [0.2, 0.25) is 0 Å². The summed E-state index contributed by atoms with van der Waals surface area (Å²) in [5.41, 5.74) is 6.99. The van der Waals surface area contributed by atoms with Crippen LogP contribution in [0.4, 0.5) is 30.2 Å². The molecule has 2 nitrogen and oxygen atoms in total. The van der Waals surface area contributed by atoms with Crippen LogP contribution in [-0.2, 0) is 0 Å². The molecule has 0 atom stereocenters. The molecule has 0 aliphatic heterocycles. The van der Waals surface area contributed by atoms with Crippen molar-refractivity contribution < 1.29 is 13.2 Å². The van der Waals surface area contributed by atoms with E-state index < -0.39 is 17.5 Å². The summed E-state index contributed by atoms with van der Waals surface area (Å²) < 4.78 is 39.6. The summed E-state index contributed by atoms with van der Waals surface area (Å²) in [4.78, 5) is 0. The summed E-state index contributed by atoms with van der Waals surface area (Å²) in [5.74, 6) is -2.92. The number of rotatable bonds is 2. The molecule has 0 unspecified atom stereocenters. The second-order valence-corrected chi connectivity index (χ2v) is 3.94. The fourth-order valence-corrected chi connectivity index (χ4v) is 1.62. The second-order valence-electron chi connectivity index (χ2n) is 3.94. The number of nitrogens with one attached hydrogen (secondary N) is 1. The average Bonchev–Trinajstić information content (AvgIpc) is 2.25. The van der Waals surface area contributed by atoms with Crippen LogP contribution in [0.15, 0.2) is 30.3 Å². The summed E-state index contributed by atoms with van der Waals surface area (Å²) in [6.07, 6.45) is 0. The van der Waals surface area contributed by atoms with E-state index in [9.17, 15) is 13.2 Å². The number of aryl methyl sites for hydroxylation is 1. The summed E-state index contributed by atoms with van der Waals surface area (Å²) in [6.45, 7) is 1.75. The van der Waals surface area contributed by atoms with E-state index in [1.54, 1.807) is 25.1 Å². The first-order chi connectivity index (χ1) is 8.47. The zero-order valence-electron chi connectivity index (χ0n) is 9.60. The van der Waals surface area contributed by atoms with Gasteiger partial charge in [0.05, 0.1) is 0 Å². The molecule has 0 aliphatic carbocycles. The molecule has 3 N–H and O–H groups in total. The minimum atomic E-state index is -0.983. The zero-order valence-corrected chi connectivity index (χ0v) is 9.60. The van der Waals surface area contributed by atoms with Gasteiger partial charge < -0.3 is 11.1 Å². The van der Waals surface area contributed by atoms with Crippen LogP contribution in [0.1, 0.15) is 5.56 Å². The summed E-state index contributed by atoms with van der Waals surface area (Å²) in [7, 11) is 0. The van der Waals surface area contributed by atoms with E-state index in [0.717, 1.165) is 5.56 Å². The zero-order chi connectivity index (χ0) is 13.3. The van der Waals surface area contributed by atoms with Crippen molar-refractivity contribution in [2.45, 2.75) is 6.92 Å². The van der Waals surface area contributed by atoms with Crippen LogP contribution in [0.2, 0.25) is 0 Å². The third-order valence-electron chi connectivity index (χ3n) is 2.52. The van der Waals surface area contributed by atoms with Crippen molar-refractivity contribution in [3.8, 4) is 0 Å². The van der Waals surface area contributed by atoms with E-state index in [4.69, 9.17) is 5.73 Å². The van der Waals surface area contributed by atoms with Gasteiger partial charge in [-0.3, -0.25) is 0 Å². The van der Waals surface area contributed by atoms with Gasteiger partial charge in [0.15, 0.2) is 11.6 Å². The Labute approximate surface area is 102 Å². The molecule has 0 fully saturated rings. The fourth-order valence-electron chi connectivity index (χ4n) is 1.62. The molecule has 2 rings (SSSR count). The first kappa shape index (κ1) is 12.3. The minimum absolute atomic E-state index is 0.385. The smallest absolute Gasteiger partial charge is 0.152 e. The molecule has 18 heavy (non-hydrogen) atoms.